The summed E-state index contributed by atoms with van der Waals surface area (Å²) in [5.74, 6) is 0.0851. The van der Waals surface area contributed by atoms with E-state index in [1.54, 1.807) is 36.0 Å². The minimum absolute atomic E-state index is 0.251. The molecular formula is C19H18N8O2S. The molecule has 30 heavy (non-hydrogen) atoms. The second kappa shape index (κ2) is 9.18. The number of aromatic amines is 1. The highest BCUT2D eigenvalue weighted by molar-refractivity contribution is 7.99. The van der Waals surface area contributed by atoms with E-state index in [1.807, 2.05) is 24.3 Å². The number of nitrogens with one attached hydrogen (secondary N) is 3. The highest BCUT2D eigenvalue weighted by Gasteiger charge is 2.09. The van der Waals surface area contributed by atoms with Crippen LogP contribution in [0.2, 0.25) is 0 Å². The molecule has 0 unspecified atom stereocenters. The van der Waals surface area contributed by atoms with Gasteiger partial charge >= 0.3 is 0 Å². The summed E-state index contributed by atoms with van der Waals surface area (Å²) < 4.78 is 1.48. The van der Waals surface area contributed by atoms with Crippen molar-refractivity contribution >= 4 is 34.6 Å². The van der Waals surface area contributed by atoms with E-state index < -0.39 is 5.91 Å². The maximum atomic E-state index is 12.2. The monoisotopic (exact) mass is 422 g/mol. The Hall–Kier alpha value is -3.73. The van der Waals surface area contributed by atoms with Crippen LogP contribution in [-0.2, 0) is 4.79 Å². The Morgan fingerprint density at radius 2 is 1.90 bits per heavy atom. The number of hydrogen-bond acceptors (Lipinski definition) is 7. The maximum absolute atomic E-state index is 12.2. The zero-order chi connectivity index (χ0) is 20.8. The first-order valence-electron chi connectivity index (χ1n) is 9.19. The van der Waals surface area contributed by atoms with Gasteiger partial charge in [-0.05, 0) is 53.2 Å². The number of hydrazine groups is 1. The number of amides is 2. The van der Waals surface area contributed by atoms with Gasteiger partial charge in [-0.2, -0.15) is 0 Å². The number of para-hydroxylation sites is 2. The van der Waals surface area contributed by atoms with Gasteiger partial charge in [0, 0.05) is 17.7 Å². The zero-order valence-corrected chi connectivity index (χ0v) is 16.6. The van der Waals surface area contributed by atoms with Gasteiger partial charge in [0.25, 0.3) is 5.91 Å². The van der Waals surface area contributed by atoms with Crippen molar-refractivity contribution in [3.8, 4) is 5.69 Å². The van der Waals surface area contributed by atoms with E-state index in [1.165, 1.54) is 11.0 Å². The van der Waals surface area contributed by atoms with Gasteiger partial charge in [0.1, 0.15) is 6.33 Å². The molecule has 0 bridgehead atoms. The van der Waals surface area contributed by atoms with Crippen LogP contribution in [0.1, 0.15) is 23.2 Å². The second-order valence-corrected chi connectivity index (χ2v) is 7.40. The number of carbonyl (C=O) groups excluding carboxylic acids is 2. The molecule has 0 aliphatic carbocycles. The molecule has 0 saturated carbocycles. The fraction of sp³-hybridized carbons (Fsp3) is 0.158. The standard InChI is InChI=1S/C19H18N8O2S/c28-17(6-3-11-30-19-21-15-4-1-2-5-16(15)22-19)23-24-18(29)13-7-9-14(10-8-13)27-12-20-25-26-27/h1-2,4-5,7-10,12H,3,6,11H2,(H,21,22)(H,23,28)(H,24,29). The Morgan fingerprint density at radius 1 is 1.07 bits per heavy atom. The Bertz CT molecular complexity index is 1110. The smallest absolute Gasteiger partial charge is 0.269 e. The summed E-state index contributed by atoms with van der Waals surface area (Å²) in [7, 11) is 0. The topological polar surface area (TPSA) is 130 Å². The van der Waals surface area contributed by atoms with Crippen molar-refractivity contribution in [2.24, 2.45) is 0 Å². The van der Waals surface area contributed by atoms with Gasteiger partial charge in [-0.3, -0.25) is 20.4 Å². The molecule has 0 aliphatic rings. The zero-order valence-electron chi connectivity index (χ0n) is 15.8. The Labute approximate surface area is 175 Å². The normalized spacial score (nSPS) is 10.8. The first-order chi connectivity index (χ1) is 14.7. The molecule has 2 aromatic heterocycles. The minimum Gasteiger partial charge on any atom is -0.333 e. The predicted octanol–water partition coefficient (Wildman–Crippen LogP) is 1.87. The SMILES string of the molecule is O=C(CCCSc1nc2ccccc2[nH]1)NNC(=O)c1ccc(-n2cnnn2)cc1. The van der Waals surface area contributed by atoms with Crippen molar-refractivity contribution in [2.75, 3.05) is 5.75 Å². The first-order valence-corrected chi connectivity index (χ1v) is 10.2. The number of imidazole rings is 1. The van der Waals surface area contributed by atoms with Crippen LogP contribution < -0.4 is 10.9 Å². The lowest BCUT2D eigenvalue weighted by atomic mass is 10.2. The number of thioether (sulfide) groups is 1. The number of rotatable bonds is 7. The third kappa shape index (κ3) is 4.81. The average molecular weight is 422 g/mol. The molecule has 0 atom stereocenters. The van der Waals surface area contributed by atoms with Crippen molar-refractivity contribution in [1.29, 1.82) is 0 Å². The molecule has 11 heteroatoms. The van der Waals surface area contributed by atoms with E-state index in [4.69, 9.17) is 0 Å². The Balaban J connectivity index is 1.17. The predicted molar refractivity (Wildman–Crippen MR) is 111 cm³/mol. The van der Waals surface area contributed by atoms with E-state index >= 15 is 0 Å². The number of tetrazole rings is 1. The highest BCUT2D eigenvalue weighted by atomic mass is 32.2. The van der Waals surface area contributed by atoms with Gasteiger partial charge in [-0.15, -0.1) is 5.10 Å². The van der Waals surface area contributed by atoms with Crippen molar-refractivity contribution < 1.29 is 9.59 Å². The molecule has 0 radical (unpaired) electrons. The molecular weight excluding hydrogens is 404 g/mol. The summed E-state index contributed by atoms with van der Waals surface area (Å²) in [5.41, 5.74) is 7.90. The lowest BCUT2D eigenvalue weighted by Crippen LogP contribution is -2.41. The lowest BCUT2D eigenvalue weighted by Gasteiger charge is -2.08. The third-order valence-corrected chi connectivity index (χ3v) is 5.17. The van der Waals surface area contributed by atoms with Gasteiger partial charge in [-0.25, -0.2) is 9.67 Å². The van der Waals surface area contributed by atoms with E-state index in [9.17, 15) is 9.59 Å². The molecule has 152 valence electrons. The highest BCUT2D eigenvalue weighted by Crippen LogP contribution is 2.20. The fourth-order valence-electron chi connectivity index (χ4n) is 2.71. The van der Waals surface area contributed by atoms with Crippen LogP contribution in [0, 0.1) is 0 Å². The number of fused-ring (bicyclic) bond motifs is 1. The molecule has 2 heterocycles. The van der Waals surface area contributed by atoms with Gasteiger partial charge < -0.3 is 4.98 Å². The largest absolute Gasteiger partial charge is 0.333 e. The van der Waals surface area contributed by atoms with Crippen LogP contribution in [0.3, 0.4) is 0 Å². The summed E-state index contributed by atoms with van der Waals surface area (Å²) in [6.45, 7) is 0. The number of benzene rings is 2. The number of hydrogen-bond donors (Lipinski definition) is 3. The maximum Gasteiger partial charge on any atom is 0.269 e. The van der Waals surface area contributed by atoms with Gasteiger partial charge in [0.15, 0.2) is 5.16 Å². The van der Waals surface area contributed by atoms with Crippen LogP contribution in [0.15, 0.2) is 60.0 Å². The van der Waals surface area contributed by atoms with E-state index in [0.717, 1.165) is 27.6 Å². The molecule has 4 aromatic rings. The number of aromatic nitrogens is 6. The van der Waals surface area contributed by atoms with Crippen LogP contribution in [0.25, 0.3) is 16.7 Å². The first kappa shape index (κ1) is 19.6. The summed E-state index contributed by atoms with van der Waals surface area (Å²) in [4.78, 5) is 31.8. The molecule has 2 aromatic carbocycles. The summed E-state index contributed by atoms with van der Waals surface area (Å²) in [5, 5.41) is 11.7. The number of H-pyrrole nitrogens is 1. The van der Waals surface area contributed by atoms with Crippen molar-refractivity contribution in [3.05, 3.63) is 60.4 Å². The van der Waals surface area contributed by atoms with Gasteiger partial charge in [0.05, 0.1) is 16.7 Å². The van der Waals surface area contributed by atoms with Crippen molar-refractivity contribution in [3.63, 3.8) is 0 Å². The lowest BCUT2D eigenvalue weighted by molar-refractivity contribution is -0.121. The molecule has 0 saturated heterocycles. The molecule has 0 spiro atoms. The van der Waals surface area contributed by atoms with Crippen molar-refractivity contribution in [2.45, 2.75) is 18.0 Å². The van der Waals surface area contributed by atoms with Crippen LogP contribution >= 0.6 is 11.8 Å². The van der Waals surface area contributed by atoms with E-state index in [0.29, 0.717) is 18.4 Å². The number of nitrogens with zero attached hydrogens (tertiary/aromatic N) is 5. The molecule has 3 N–H and O–H groups in total. The van der Waals surface area contributed by atoms with E-state index in [-0.39, 0.29) is 5.91 Å². The van der Waals surface area contributed by atoms with Gasteiger partial charge in [-0.1, -0.05) is 23.9 Å². The molecule has 4 rings (SSSR count). The van der Waals surface area contributed by atoms with Crippen molar-refractivity contribution in [1.82, 2.24) is 41.0 Å². The Kier molecular flexibility index (Phi) is 5.99. The quantitative estimate of drug-likeness (QED) is 0.235. The van der Waals surface area contributed by atoms with E-state index in [2.05, 4.69) is 36.3 Å². The van der Waals surface area contributed by atoms with Crippen LogP contribution in [-0.4, -0.2) is 47.7 Å². The Morgan fingerprint density at radius 3 is 2.67 bits per heavy atom. The summed E-state index contributed by atoms with van der Waals surface area (Å²) in [6.07, 6.45) is 2.41. The van der Waals surface area contributed by atoms with Gasteiger partial charge in [0.2, 0.25) is 5.91 Å². The number of carbonyl (C=O) groups is 2. The minimum atomic E-state index is -0.400. The fourth-order valence-corrected chi connectivity index (χ4v) is 3.53. The third-order valence-electron chi connectivity index (χ3n) is 4.21. The average Bonchev–Trinajstić information content (AvgIpc) is 3.45. The summed E-state index contributed by atoms with van der Waals surface area (Å²) in [6, 6.07) is 14.5. The van der Waals surface area contributed by atoms with Crippen LogP contribution in [0.4, 0.5) is 0 Å². The molecule has 0 fully saturated rings. The van der Waals surface area contributed by atoms with Crippen LogP contribution in [0.5, 0.6) is 0 Å². The molecule has 2 amide bonds. The second-order valence-electron chi connectivity index (χ2n) is 6.31. The molecule has 0 aliphatic heterocycles. The summed E-state index contributed by atoms with van der Waals surface area (Å²) >= 11 is 1.56. The molecule has 10 nitrogen and oxygen atoms in total.